The molecular weight excluding hydrogens is 182 g/mol. The van der Waals surface area contributed by atoms with E-state index in [0.717, 1.165) is 10.3 Å². The molecule has 0 saturated heterocycles. The molecule has 0 aliphatic carbocycles. The lowest BCUT2D eigenvalue weighted by Crippen LogP contribution is -2.10. The predicted octanol–water partition coefficient (Wildman–Crippen LogP) is 1.94. The van der Waals surface area contributed by atoms with Gasteiger partial charge >= 0.3 is 0 Å². The number of hydrogen-bond donors (Lipinski definition) is 1. The molecule has 65 valence electrons. The van der Waals surface area contributed by atoms with Gasteiger partial charge in [0.15, 0.2) is 0 Å². The zero-order valence-electron chi connectivity index (χ0n) is 6.86. The molecule has 2 aromatic rings. The second-order valence-electron chi connectivity index (χ2n) is 2.73. The number of benzene rings is 1. The normalized spacial score (nSPS) is 10.5. The Hall–Kier alpha value is -1.35. The Morgan fingerprint density at radius 1 is 1.38 bits per heavy atom. The number of hydrogen-bond acceptors (Lipinski definition) is 2. The third kappa shape index (κ3) is 1.70. The standard InChI is InChI=1S/C10H8NOS/c11-10(12)6-8-5-7-3-1-2-4-9(7)13-8/h1-6H,(H2,11,12). The van der Waals surface area contributed by atoms with Gasteiger partial charge in [0.1, 0.15) is 0 Å². The summed E-state index contributed by atoms with van der Waals surface area (Å²) < 4.78 is 1.18. The highest BCUT2D eigenvalue weighted by atomic mass is 32.1. The molecule has 0 fully saturated rings. The molecule has 0 unspecified atom stereocenters. The van der Waals surface area contributed by atoms with Crippen LogP contribution in [-0.4, -0.2) is 5.91 Å². The minimum absolute atomic E-state index is 0.397. The maximum absolute atomic E-state index is 10.6. The molecule has 1 heterocycles. The fourth-order valence-electron chi connectivity index (χ4n) is 1.21. The molecule has 3 heteroatoms. The highest BCUT2D eigenvalue weighted by Crippen LogP contribution is 2.25. The van der Waals surface area contributed by atoms with Gasteiger partial charge in [-0.2, -0.15) is 0 Å². The summed E-state index contributed by atoms with van der Waals surface area (Å²) in [5, 5.41) is 1.15. The van der Waals surface area contributed by atoms with Crippen LogP contribution in [0.25, 0.3) is 10.1 Å². The van der Waals surface area contributed by atoms with E-state index in [0.29, 0.717) is 0 Å². The first-order valence-electron chi connectivity index (χ1n) is 3.88. The molecule has 1 aromatic carbocycles. The maximum atomic E-state index is 10.6. The van der Waals surface area contributed by atoms with E-state index in [-0.39, 0.29) is 0 Å². The van der Waals surface area contributed by atoms with Gasteiger partial charge in [0.25, 0.3) is 0 Å². The van der Waals surface area contributed by atoms with Crippen molar-refractivity contribution < 1.29 is 4.79 Å². The Bertz CT molecular complexity index is 414. The molecule has 0 saturated carbocycles. The molecule has 1 radical (unpaired) electrons. The molecule has 1 amide bonds. The van der Waals surface area contributed by atoms with E-state index in [1.807, 2.05) is 30.3 Å². The van der Waals surface area contributed by atoms with Crippen LogP contribution in [0.3, 0.4) is 0 Å². The van der Waals surface area contributed by atoms with E-state index in [4.69, 9.17) is 5.73 Å². The average Bonchev–Trinajstić information content (AvgIpc) is 2.44. The van der Waals surface area contributed by atoms with E-state index in [1.165, 1.54) is 11.1 Å². The zero-order valence-corrected chi connectivity index (χ0v) is 7.67. The molecule has 2 nitrogen and oxygen atoms in total. The first-order valence-corrected chi connectivity index (χ1v) is 4.70. The largest absolute Gasteiger partial charge is 0.369 e. The van der Waals surface area contributed by atoms with Crippen LogP contribution in [0.2, 0.25) is 0 Å². The Labute approximate surface area is 80.0 Å². The van der Waals surface area contributed by atoms with Crippen molar-refractivity contribution in [2.75, 3.05) is 0 Å². The van der Waals surface area contributed by atoms with Crippen molar-refractivity contribution >= 4 is 27.3 Å². The predicted molar refractivity (Wildman–Crippen MR) is 54.4 cm³/mol. The van der Waals surface area contributed by atoms with Crippen LogP contribution in [0.5, 0.6) is 0 Å². The molecule has 1 aromatic heterocycles. The van der Waals surface area contributed by atoms with Crippen LogP contribution >= 0.6 is 11.3 Å². The minimum Gasteiger partial charge on any atom is -0.369 e. The molecule has 0 aliphatic rings. The quantitative estimate of drug-likeness (QED) is 0.772. The van der Waals surface area contributed by atoms with Gasteiger partial charge in [0, 0.05) is 9.58 Å². The fraction of sp³-hybridized carbons (Fsp3) is 0. The highest BCUT2D eigenvalue weighted by Gasteiger charge is 2.03. The van der Waals surface area contributed by atoms with Crippen molar-refractivity contribution in [1.82, 2.24) is 0 Å². The Morgan fingerprint density at radius 3 is 2.85 bits per heavy atom. The summed E-state index contributed by atoms with van der Waals surface area (Å²) >= 11 is 1.57. The van der Waals surface area contributed by atoms with Crippen molar-refractivity contribution in [1.29, 1.82) is 0 Å². The van der Waals surface area contributed by atoms with Crippen molar-refractivity contribution in [3.8, 4) is 0 Å². The van der Waals surface area contributed by atoms with Gasteiger partial charge in [-0.3, -0.25) is 4.79 Å². The van der Waals surface area contributed by atoms with Gasteiger partial charge in [-0.25, -0.2) is 0 Å². The van der Waals surface area contributed by atoms with Gasteiger partial charge in [-0.1, -0.05) is 18.2 Å². The summed E-state index contributed by atoms with van der Waals surface area (Å²) in [7, 11) is 0. The van der Waals surface area contributed by atoms with E-state index in [1.54, 1.807) is 11.3 Å². The summed E-state index contributed by atoms with van der Waals surface area (Å²) in [6.45, 7) is 0. The number of carbonyl (C=O) groups excluding carboxylic acids is 1. The van der Waals surface area contributed by atoms with Gasteiger partial charge < -0.3 is 5.73 Å². The van der Waals surface area contributed by atoms with Gasteiger partial charge in [-0.05, 0) is 17.5 Å². The molecule has 13 heavy (non-hydrogen) atoms. The molecule has 0 atom stereocenters. The molecule has 0 aliphatic heterocycles. The lowest BCUT2D eigenvalue weighted by molar-refractivity contribution is -0.114. The second kappa shape index (κ2) is 3.18. The third-order valence-corrected chi connectivity index (χ3v) is 2.79. The number of nitrogens with two attached hydrogens (primary N) is 1. The average molecular weight is 190 g/mol. The smallest absolute Gasteiger partial charge is 0.226 e. The van der Waals surface area contributed by atoms with Gasteiger partial charge in [0.2, 0.25) is 5.91 Å². The lowest BCUT2D eigenvalue weighted by atomic mass is 10.2. The lowest BCUT2D eigenvalue weighted by Gasteiger charge is -1.86. The Balaban J connectivity index is 2.44. The van der Waals surface area contributed by atoms with Crippen LogP contribution in [0, 0.1) is 6.42 Å². The van der Waals surface area contributed by atoms with E-state index in [9.17, 15) is 4.79 Å². The topological polar surface area (TPSA) is 43.1 Å². The molecule has 0 bridgehead atoms. The summed E-state index contributed by atoms with van der Waals surface area (Å²) in [6, 6.07) is 9.96. The van der Waals surface area contributed by atoms with Crippen LogP contribution in [0.4, 0.5) is 0 Å². The van der Waals surface area contributed by atoms with Crippen LogP contribution in [-0.2, 0) is 4.79 Å². The number of fused-ring (bicyclic) bond motifs is 1. The SMILES string of the molecule is NC(=O)[CH]c1cc2ccccc2s1. The minimum atomic E-state index is -0.397. The molecule has 2 rings (SSSR count). The summed E-state index contributed by atoms with van der Waals surface area (Å²) in [5.41, 5.74) is 5.06. The molecule has 2 N–H and O–H groups in total. The second-order valence-corrected chi connectivity index (χ2v) is 3.85. The summed E-state index contributed by atoms with van der Waals surface area (Å²) in [6.07, 6.45) is 1.45. The highest BCUT2D eigenvalue weighted by molar-refractivity contribution is 7.19. The number of primary amides is 1. The van der Waals surface area contributed by atoms with Gasteiger partial charge in [0.05, 0.1) is 6.42 Å². The summed E-state index contributed by atoms with van der Waals surface area (Å²) in [5.74, 6) is -0.397. The van der Waals surface area contributed by atoms with E-state index >= 15 is 0 Å². The van der Waals surface area contributed by atoms with Crippen molar-refractivity contribution in [3.05, 3.63) is 41.6 Å². The first-order chi connectivity index (χ1) is 6.25. The van der Waals surface area contributed by atoms with Crippen LogP contribution in [0.15, 0.2) is 30.3 Å². The van der Waals surface area contributed by atoms with Crippen molar-refractivity contribution in [3.63, 3.8) is 0 Å². The Kier molecular flexibility index (Phi) is 2.02. The van der Waals surface area contributed by atoms with Crippen LogP contribution in [0.1, 0.15) is 4.88 Å². The molecular formula is C10H8NOS. The van der Waals surface area contributed by atoms with E-state index in [2.05, 4.69) is 0 Å². The van der Waals surface area contributed by atoms with Crippen molar-refractivity contribution in [2.45, 2.75) is 0 Å². The number of carbonyl (C=O) groups is 1. The Morgan fingerprint density at radius 2 is 2.15 bits per heavy atom. The monoisotopic (exact) mass is 190 g/mol. The summed E-state index contributed by atoms with van der Waals surface area (Å²) in [4.78, 5) is 11.5. The fourth-order valence-corrected chi connectivity index (χ4v) is 2.22. The van der Waals surface area contributed by atoms with E-state index < -0.39 is 5.91 Å². The number of thiophene rings is 1. The molecule has 0 spiro atoms. The third-order valence-electron chi connectivity index (χ3n) is 1.73. The number of amides is 1. The van der Waals surface area contributed by atoms with Crippen molar-refractivity contribution in [2.24, 2.45) is 5.73 Å². The zero-order chi connectivity index (χ0) is 9.26. The van der Waals surface area contributed by atoms with Crippen LogP contribution < -0.4 is 5.73 Å². The number of rotatable bonds is 2. The van der Waals surface area contributed by atoms with Gasteiger partial charge in [-0.15, -0.1) is 11.3 Å². The first kappa shape index (κ1) is 8.26. The maximum Gasteiger partial charge on any atom is 0.226 e.